The molecule has 1 aliphatic rings. The molecule has 0 amide bonds. The lowest BCUT2D eigenvalue weighted by Crippen LogP contribution is -2.06. The molecule has 1 atom stereocenters. The highest BCUT2D eigenvalue weighted by molar-refractivity contribution is 5.83. The van der Waals surface area contributed by atoms with Crippen molar-refractivity contribution >= 4 is 5.78 Å². The Morgan fingerprint density at radius 2 is 2.38 bits per heavy atom. The van der Waals surface area contributed by atoms with Gasteiger partial charge in [-0.1, -0.05) is 6.92 Å². The minimum absolute atomic E-state index is 0.386. The van der Waals surface area contributed by atoms with Crippen molar-refractivity contribution in [2.45, 2.75) is 52.0 Å². The van der Waals surface area contributed by atoms with E-state index in [1.807, 2.05) is 16.9 Å². The number of carbonyl (C=O) groups is 1. The molecule has 0 N–H and O–H groups in total. The maximum Gasteiger partial charge on any atom is 0.136 e. The number of ketones is 1. The van der Waals surface area contributed by atoms with E-state index >= 15 is 0 Å². The fourth-order valence-corrected chi connectivity index (χ4v) is 1.80. The van der Waals surface area contributed by atoms with Crippen LogP contribution < -0.4 is 0 Å². The molecule has 0 bridgehead atoms. The molecule has 1 aromatic rings. The molecule has 0 saturated heterocycles. The summed E-state index contributed by atoms with van der Waals surface area (Å²) in [6.07, 6.45) is 6.80. The molecule has 88 valence electrons. The van der Waals surface area contributed by atoms with E-state index in [1.165, 1.54) is 0 Å². The Labute approximate surface area is 96.8 Å². The van der Waals surface area contributed by atoms with Crippen LogP contribution in [0.5, 0.6) is 0 Å². The van der Waals surface area contributed by atoms with Gasteiger partial charge < -0.3 is 0 Å². The van der Waals surface area contributed by atoms with Crippen molar-refractivity contribution < 1.29 is 4.79 Å². The van der Waals surface area contributed by atoms with E-state index < -0.39 is 0 Å². The highest BCUT2D eigenvalue weighted by atomic mass is 16.1. The molecule has 1 heterocycles. The smallest absolute Gasteiger partial charge is 0.136 e. The van der Waals surface area contributed by atoms with Gasteiger partial charge in [0.2, 0.25) is 0 Å². The minimum Gasteiger partial charge on any atom is -0.299 e. The monoisotopic (exact) mass is 220 g/mol. The third kappa shape index (κ3) is 2.71. The summed E-state index contributed by atoms with van der Waals surface area (Å²) in [6, 6.07) is 2.49. The predicted molar refractivity (Wildman–Crippen MR) is 63.3 cm³/mol. The molecular formula is C13H20N2O. The van der Waals surface area contributed by atoms with Crippen molar-refractivity contribution in [1.29, 1.82) is 0 Å². The van der Waals surface area contributed by atoms with Crippen LogP contribution in [0.1, 0.15) is 51.3 Å². The second kappa shape index (κ2) is 4.81. The van der Waals surface area contributed by atoms with Crippen molar-refractivity contribution in [3.05, 3.63) is 18.0 Å². The van der Waals surface area contributed by atoms with Gasteiger partial charge in [-0.3, -0.25) is 9.48 Å². The van der Waals surface area contributed by atoms with E-state index in [4.69, 9.17) is 0 Å². The van der Waals surface area contributed by atoms with Gasteiger partial charge in [-0.05, 0) is 38.7 Å². The fourth-order valence-electron chi connectivity index (χ4n) is 1.80. The molecular weight excluding hydrogens is 200 g/mol. The van der Waals surface area contributed by atoms with E-state index in [9.17, 15) is 4.79 Å². The molecule has 0 spiro atoms. The van der Waals surface area contributed by atoms with Crippen molar-refractivity contribution in [2.75, 3.05) is 0 Å². The topological polar surface area (TPSA) is 34.9 Å². The van der Waals surface area contributed by atoms with Crippen molar-refractivity contribution in [3.63, 3.8) is 0 Å². The molecule has 0 radical (unpaired) electrons. The number of rotatable bonds is 6. The standard InChI is InChI=1S/C13H20N2O/c1-3-10(2)15-9-8-12(14-15)6-7-13(16)11-4-5-11/h8-11H,3-7H2,1-2H3. The maximum absolute atomic E-state index is 11.5. The number of hydrogen-bond donors (Lipinski definition) is 0. The Hall–Kier alpha value is -1.12. The summed E-state index contributed by atoms with van der Waals surface area (Å²) in [5.74, 6) is 0.815. The molecule has 3 heteroatoms. The van der Waals surface area contributed by atoms with E-state index in [0.29, 0.717) is 24.2 Å². The summed E-state index contributed by atoms with van der Waals surface area (Å²) < 4.78 is 2.00. The van der Waals surface area contributed by atoms with Gasteiger partial charge in [0.15, 0.2) is 0 Å². The Kier molecular flexibility index (Phi) is 3.42. The first-order chi connectivity index (χ1) is 7.70. The number of nitrogens with zero attached hydrogens (tertiary/aromatic N) is 2. The van der Waals surface area contributed by atoms with Gasteiger partial charge in [-0.2, -0.15) is 5.10 Å². The van der Waals surface area contributed by atoms with Crippen LogP contribution in [0.4, 0.5) is 0 Å². The lowest BCUT2D eigenvalue weighted by Gasteiger charge is -2.07. The Balaban J connectivity index is 1.84. The van der Waals surface area contributed by atoms with Crippen LogP contribution in [0.2, 0.25) is 0 Å². The van der Waals surface area contributed by atoms with Gasteiger partial charge in [0.1, 0.15) is 5.78 Å². The highest BCUT2D eigenvalue weighted by Crippen LogP contribution is 2.31. The summed E-state index contributed by atoms with van der Waals surface area (Å²) in [7, 11) is 0. The van der Waals surface area contributed by atoms with Crippen molar-refractivity contribution in [3.8, 4) is 0 Å². The summed E-state index contributed by atoms with van der Waals surface area (Å²) in [5, 5.41) is 4.50. The normalized spacial score (nSPS) is 17.4. The number of carbonyl (C=O) groups excluding carboxylic acids is 1. The molecule has 2 rings (SSSR count). The Bertz CT molecular complexity index is 366. The van der Waals surface area contributed by atoms with Gasteiger partial charge in [0, 0.05) is 24.6 Å². The molecule has 1 aromatic heterocycles. The Morgan fingerprint density at radius 3 is 3.00 bits per heavy atom. The number of aromatic nitrogens is 2. The Morgan fingerprint density at radius 1 is 1.62 bits per heavy atom. The predicted octanol–water partition coefficient (Wildman–Crippen LogP) is 2.77. The first-order valence-corrected chi connectivity index (χ1v) is 6.27. The van der Waals surface area contributed by atoms with Crippen molar-refractivity contribution in [2.24, 2.45) is 5.92 Å². The van der Waals surface area contributed by atoms with Gasteiger partial charge in [0.25, 0.3) is 0 Å². The summed E-state index contributed by atoms with van der Waals surface area (Å²) in [4.78, 5) is 11.5. The van der Waals surface area contributed by atoms with E-state index in [-0.39, 0.29) is 0 Å². The second-order valence-corrected chi connectivity index (χ2v) is 4.78. The molecule has 16 heavy (non-hydrogen) atoms. The van der Waals surface area contributed by atoms with Crippen LogP contribution in [-0.4, -0.2) is 15.6 Å². The van der Waals surface area contributed by atoms with Crippen LogP contribution in [-0.2, 0) is 11.2 Å². The van der Waals surface area contributed by atoms with Crippen molar-refractivity contribution in [1.82, 2.24) is 9.78 Å². The maximum atomic E-state index is 11.5. The van der Waals surface area contributed by atoms with E-state index in [2.05, 4.69) is 18.9 Å². The molecule has 1 unspecified atom stereocenters. The molecule has 1 fully saturated rings. The fraction of sp³-hybridized carbons (Fsp3) is 0.692. The molecule has 0 aromatic carbocycles. The van der Waals surface area contributed by atoms with Gasteiger partial charge in [-0.25, -0.2) is 0 Å². The van der Waals surface area contributed by atoms with Crippen LogP contribution in [0.15, 0.2) is 12.3 Å². The molecule has 1 aliphatic carbocycles. The zero-order valence-corrected chi connectivity index (χ0v) is 10.1. The number of hydrogen-bond acceptors (Lipinski definition) is 2. The van der Waals surface area contributed by atoms with Crippen LogP contribution in [0.25, 0.3) is 0 Å². The lowest BCUT2D eigenvalue weighted by molar-refractivity contribution is -0.120. The third-order valence-corrected chi connectivity index (χ3v) is 3.37. The van der Waals surface area contributed by atoms with Crippen LogP contribution >= 0.6 is 0 Å². The zero-order valence-electron chi connectivity index (χ0n) is 10.1. The summed E-state index contributed by atoms with van der Waals surface area (Å²) >= 11 is 0. The zero-order chi connectivity index (χ0) is 11.5. The molecule has 3 nitrogen and oxygen atoms in total. The highest BCUT2D eigenvalue weighted by Gasteiger charge is 2.28. The molecule has 0 aliphatic heterocycles. The molecule has 1 saturated carbocycles. The van der Waals surface area contributed by atoms with Gasteiger partial charge in [-0.15, -0.1) is 0 Å². The summed E-state index contributed by atoms with van der Waals surface area (Å²) in [6.45, 7) is 4.31. The van der Waals surface area contributed by atoms with E-state index in [1.54, 1.807) is 0 Å². The third-order valence-electron chi connectivity index (χ3n) is 3.37. The van der Waals surface area contributed by atoms with Crippen LogP contribution in [0, 0.1) is 5.92 Å². The average molecular weight is 220 g/mol. The summed E-state index contributed by atoms with van der Waals surface area (Å²) in [5.41, 5.74) is 1.05. The van der Waals surface area contributed by atoms with Crippen LogP contribution in [0.3, 0.4) is 0 Å². The van der Waals surface area contributed by atoms with Gasteiger partial charge >= 0.3 is 0 Å². The minimum atomic E-state index is 0.386. The number of Topliss-reactive ketones (excluding diaryl/α,β-unsaturated/α-hetero) is 1. The SMILES string of the molecule is CCC(C)n1ccc(CCC(=O)C2CC2)n1. The second-order valence-electron chi connectivity index (χ2n) is 4.78. The number of aryl methyl sites for hydroxylation is 1. The quantitative estimate of drug-likeness (QED) is 0.739. The first kappa shape index (κ1) is 11.4. The van der Waals surface area contributed by atoms with E-state index in [0.717, 1.165) is 31.4 Å². The lowest BCUT2D eigenvalue weighted by atomic mass is 10.1. The first-order valence-electron chi connectivity index (χ1n) is 6.27. The van der Waals surface area contributed by atoms with Gasteiger partial charge in [0.05, 0.1) is 5.69 Å². The average Bonchev–Trinajstić information content (AvgIpc) is 3.04. The largest absolute Gasteiger partial charge is 0.299 e.